The lowest BCUT2D eigenvalue weighted by Crippen LogP contribution is -2.59. The van der Waals surface area contributed by atoms with E-state index in [4.69, 9.17) is 10.8 Å². The lowest BCUT2D eigenvalue weighted by Gasteiger charge is -2.38. The molecule has 244 valence electrons. The van der Waals surface area contributed by atoms with E-state index in [0.717, 1.165) is 16.2 Å². The Morgan fingerprint density at radius 2 is 1.70 bits per heavy atom. The second kappa shape index (κ2) is 16.0. The summed E-state index contributed by atoms with van der Waals surface area (Å²) in [4.78, 5) is 70.8. The van der Waals surface area contributed by atoms with Gasteiger partial charge in [-0.25, -0.2) is 14.6 Å². The molecule has 0 aliphatic heterocycles. The van der Waals surface area contributed by atoms with Crippen molar-refractivity contribution in [2.24, 2.45) is 17.8 Å². The van der Waals surface area contributed by atoms with Crippen LogP contribution in [0.5, 0.6) is 0 Å². The number of aromatic carboxylic acids is 1. The number of esters is 1. The molecule has 13 heteroatoms. The molecule has 5 atom stereocenters. The third kappa shape index (κ3) is 11.1. The Morgan fingerprint density at radius 1 is 1.09 bits per heavy atom. The van der Waals surface area contributed by atoms with Crippen molar-refractivity contribution >= 4 is 41.2 Å². The molecule has 0 radical (unpaired) electrons. The van der Waals surface area contributed by atoms with Gasteiger partial charge in [-0.2, -0.15) is 0 Å². The van der Waals surface area contributed by atoms with Gasteiger partial charge < -0.3 is 24.8 Å². The number of carboxylic acid groups (broad SMARTS) is 1. The minimum Gasteiger partial charge on any atom is -0.476 e. The van der Waals surface area contributed by atoms with Crippen LogP contribution in [0.2, 0.25) is 0 Å². The van der Waals surface area contributed by atoms with Crippen LogP contribution in [0.15, 0.2) is 5.38 Å². The summed E-state index contributed by atoms with van der Waals surface area (Å²) in [6, 6.07) is -2.51. The first-order valence-electron chi connectivity index (χ1n) is 15.2. The molecule has 12 nitrogen and oxygen atoms in total. The van der Waals surface area contributed by atoms with Gasteiger partial charge in [0.1, 0.15) is 22.7 Å². The van der Waals surface area contributed by atoms with E-state index in [1.165, 1.54) is 17.2 Å². The van der Waals surface area contributed by atoms with Crippen molar-refractivity contribution < 1.29 is 39.9 Å². The summed E-state index contributed by atoms with van der Waals surface area (Å²) in [5.74, 6) is -3.54. The summed E-state index contributed by atoms with van der Waals surface area (Å²) in [6.45, 7) is 17.4. The van der Waals surface area contributed by atoms with Crippen molar-refractivity contribution in [2.45, 2.75) is 112 Å². The molecule has 0 saturated carbocycles. The van der Waals surface area contributed by atoms with E-state index < -0.39 is 60.8 Å². The van der Waals surface area contributed by atoms with Crippen molar-refractivity contribution in [1.29, 1.82) is 0 Å². The summed E-state index contributed by atoms with van der Waals surface area (Å²) in [5.41, 5.74) is -0.996. The number of hydrogen-bond acceptors (Lipinski definition) is 9. The van der Waals surface area contributed by atoms with Gasteiger partial charge in [0.15, 0.2) is 11.8 Å². The van der Waals surface area contributed by atoms with E-state index in [9.17, 15) is 29.1 Å². The molecule has 3 amide bonds. The monoisotopic (exact) mass is 627 g/mol. The zero-order chi connectivity index (χ0) is 34.1. The van der Waals surface area contributed by atoms with Crippen LogP contribution in [-0.4, -0.2) is 87.5 Å². The van der Waals surface area contributed by atoms with E-state index in [1.807, 2.05) is 27.7 Å². The Balaban J connectivity index is 3.38. The summed E-state index contributed by atoms with van der Waals surface area (Å²) in [6.07, 6.45) is -0.985. The molecule has 0 aromatic carbocycles. The topological polar surface area (TPSA) is 155 Å². The summed E-state index contributed by atoms with van der Waals surface area (Å²) >= 11 is 1.05. The number of thiazole rings is 1. The number of hydrogen-bond donors (Lipinski definition) is 2. The Morgan fingerprint density at radius 3 is 2.12 bits per heavy atom. The number of aromatic nitrogens is 1. The molecule has 0 unspecified atom stereocenters. The largest absolute Gasteiger partial charge is 0.476 e. The molecule has 0 spiro atoms. The van der Waals surface area contributed by atoms with Crippen molar-refractivity contribution in [3.8, 4) is 0 Å². The fraction of sp³-hybridized carbons (Fsp3) is 0.733. The first-order valence-corrected chi connectivity index (χ1v) is 15.3. The fourth-order valence-corrected chi connectivity index (χ4v) is 5.41. The van der Waals surface area contributed by atoms with Crippen LogP contribution in [0.4, 0.5) is 4.79 Å². The van der Waals surface area contributed by atoms with Crippen LogP contribution < -0.4 is 5.32 Å². The Labute approximate surface area is 260 Å². The highest BCUT2D eigenvalue weighted by Crippen LogP contribution is 2.31. The van der Waals surface area contributed by atoms with Gasteiger partial charge in [0.05, 0.1) is 0 Å². The zero-order valence-electron chi connectivity index (χ0n) is 28.3. The number of nitrogens with zero attached hydrogens (tertiary/aromatic N) is 3. The van der Waals surface area contributed by atoms with E-state index >= 15 is 0 Å². The second-order valence-corrected chi connectivity index (χ2v) is 13.4. The summed E-state index contributed by atoms with van der Waals surface area (Å²) in [7, 11) is 1.10. The molecule has 0 fully saturated rings. The average molecular weight is 628 g/mol. The molecule has 0 aliphatic rings. The van der Waals surface area contributed by atoms with E-state index in [1.54, 1.807) is 41.7 Å². The molecule has 0 bridgehead atoms. The normalized spacial score (nSPS) is 15.5. The number of rotatable bonds is 14. The molecule has 0 aliphatic carbocycles. The predicted octanol–water partition coefficient (Wildman–Crippen LogP) is 4.74. The van der Waals surface area contributed by atoms with Gasteiger partial charge in [0.2, 0.25) is 11.8 Å². The van der Waals surface area contributed by atoms with Crippen LogP contribution >= 0.6 is 11.3 Å². The van der Waals surface area contributed by atoms with Crippen LogP contribution in [0, 0.1) is 17.8 Å². The lowest BCUT2D eigenvalue weighted by molar-refractivity contribution is -0.149. The van der Waals surface area contributed by atoms with Crippen LogP contribution in [-0.2, 0) is 23.9 Å². The number of carbonyl (C=O) groups is 5. The Bertz CT molecular complexity index is 1150. The van der Waals surface area contributed by atoms with Gasteiger partial charge in [0.25, 0.3) is 0 Å². The maximum atomic E-state index is 14.1. The maximum Gasteiger partial charge on any atom is 0.410 e. The smallest absolute Gasteiger partial charge is 0.410 e. The Hall–Kier alpha value is -3.22. The molecule has 1 aromatic heterocycles. The number of likely N-dealkylation sites (N-methyl/N-ethyl adjacent to an activating group) is 2. The van der Waals surface area contributed by atoms with Crippen molar-refractivity contribution in [3.63, 3.8) is 0 Å². The minimum atomic E-state index is -1.20. The van der Waals surface area contributed by atoms with Gasteiger partial charge in [-0.1, -0.05) is 48.0 Å². The van der Waals surface area contributed by atoms with E-state index in [0.29, 0.717) is 11.4 Å². The van der Waals surface area contributed by atoms with E-state index in [-0.39, 0.29) is 35.8 Å². The lowest BCUT2D eigenvalue weighted by atomic mass is 9.92. The van der Waals surface area contributed by atoms with Gasteiger partial charge in [0, 0.05) is 40.2 Å². The summed E-state index contributed by atoms with van der Waals surface area (Å²) < 4.78 is 19.0. The quantitative estimate of drug-likeness (QED) is 0.278. The van der Waals surface area contributed by atoms with Crippen LogP contribution in [0.1, 0.15) is 105 Å². The maximum absolute atomic E-state index is 14.1. The molecule has 1 rings (SSSR count). The average Bonchev–Trinajstić information content (AvgIpc) is 3.40. The molecule has 1 heterocycles. The molecule has 1 aromatic rings. The van der Waals surface area contributed by atoms with Gasteiger partial charge in [-0.3, -0.25) is 19.3 Å². The number of carbonyl (C=O) groups excluding carboxylic acids is 4. The third-order valence-electron chi connectivity index (χ3n) is 7.04. The Kier molecular flexibility index (Phi) is 13.4. The van der Waals surface area contributed by atoms with E-state index in [2.05, 4.69) is 10.3 Å². The van der Waals surface area contributed by atoms with Gasteiger partial charge in [-0.05, 0) is 38.5 Å². The van der Waals surface area contributed by atoms with Gasteiger partial charge >= 0.3 is 18.0 Å². The SMILES string of the molecule is [2H]CN(C(=O)OC(C)(C)C)[C@H](C(=O)N[C@H](C(=O)N(C)[C@H](C[C@@H](OC(C)=O)c1nc(C(=O)O)cs1)C(C)C)[C@@H](C)CC)C(C)C. The molecule has 2 N–H and O–H groups in total. The number of amides is 3. The highest BCUT2D eigenvalue weighted by molar-refractivity contribution is 7.09. The zero-order valence-corrected chi connectivity index (χ0v) is 28.1. The van der Waals surface area contributed by atoms with Crippen molar-refractivity contribution in [2.75, 3.05) is 14.1 Å². The molecular weight excluding hydrogens is 576 g/mol. The predicted molar refractivity (Wildman–Crippen MR) is 164 cm³/mol. The fourth-order valence-electron chi connectivity index (χ4n) is 4.57. The van der Waals surface area contributed by atoms with Crippen molar-refractivity contribution in [1.82, 2.24) is 20.1 Å². The number of carboxylic acids is 1. The van der Waals surface area contributed by atoms with Crippen molar-refractivity contribution in [3.05, 3.63) is 16.1 Å². The third-order valence-corrected chi connectivity index (χ3v) is 7.97. The standard InChI is InChI=1S/C30H50N4O8S/c1-13-18(6)23(32-25(36)24(17(4)5)34(12)29(40)42-30(8,9)10)27(37)33(11)21(16(2)3)14-22(41-19(7)35)26-31-20(15-43-26)28(38)39/h15-18,21-24H,13-14H2,1-12H3,(H,32,36)(H,38,39)/t18-,21+,22+,23-,24-/m0/s1/i12D. The number of nitrogens with one attached hydrogen (secondary N) is 1. The van der Waals surface area contributed by atoms with Crippen LogP contribution in [0.25, 0.3) is 0 Å². The number of ether oxygens (including phenoxy) is 2. The molecule has 0 saturated heterocycles. The first-order chi connectivity index (χ1) is 20.2. The summed E-state index contributed by atoms with van der Waals surface area (Å²) in [5, 5.41) is 13.8. The first kappa shape index (κ1) is 36.0. The highest BCUT2D eigenvalue weighted by atomic mass is 32.1. The van der Waals surface area contributed by atoms with Crippen LogP contribution in [0.3, 0.4) is 0 Å². The second-order valence-electron chi connectivity index (χ2n) is 12.5. The minimum absolute atomic E-state index is 0.122. The highest BCUT2D eigenvalue weighted by Gasteiger charge is 2.39. The molecule has 43 heavy (non-hydrogen) atoms. The van der Waals surface area contributed by atoms with Gasteiger partial charge in [-0.15, -0.1) is 11.3 Å². The molecular formula is C30H50N4O8S.